The Hall–Kier alpha value is -2.41. The standard InChI is InChI=1S/C19H23FN2O3S/c1-14-8-6-10-17(15(14)2)21-19(23)12-7-13-22(26(3,24)25)18-11-5-4-9-16(18)20/h4-6,8-11H,7,12-13H2,1-3H3,(H,21,23). The van der Waals surface area contributed by atoms with Crippen LogP contribution in [0, 0.1) is 19.7 Å². The van der Waals surface area contributed by atoms with Gasteiger partial charge in [-0.05, 0) is 49.6 Å². The molecule has 0 radical (unpaired) electrons. The van der Waals surface area contributed by atoms with Gasteiger partial charge in [0.25, 0.3) is 0 Å². The number of nitrogens with one attached hydrogen (secondary N) is 1. The summed E-state index contributed by atoms with van der Waals surface area (Å²) in [6, 6.07) is 11.3. The Kier molecular flexibility index (Phi) is 6.37. The number of hydrogen-bond donors (Lipinski definition) is 1. The van der Waals surface area contributed by atoms with Crippen LogP contribution in [0.25, 0.3) is 0 Å². The smallest absolute Gasteiger partial charge is 0.232 e. The third kappa shape index (κ3) is 5.05. The van der Waals surface area contributed by atoms with Crippen molar-refractivity contribution >= 4 is 27.3 Å². The maximum atomic E-state index is 13.9. The number of rotatable bonds is 7. The monoisotopic (exact) mass is 378 g/mol. The van der Waals surface area contributed by atoms with Gasteiger partial charge >= 0.3 is 0 Å². The molecule has 2 aromatic rings. The van der Waals surface area contributed by atoms with E-state index in [-0.39, 0.29) is 31.0 Å². The molecule has 0 aliphatic heterocycles. The highest BCUT2D eigenvalue weighted by atomic mass is 32.2. The zero-order valence-corrected chi connectivity index (χ0v) is 15.9. The molecule has 5 nitrogen and oxygen atoms in total. The Bertz CT molecular complexity index is 897. The summed E-state index contributed by atoms with van der Waals surface area (Å²) in [5.41, 5.74) is 2.80. The number of halogens is 1. The Labute approximate surface area is 153 Å². The highest BCUT2D eigenvalue weighted by molar-refractivity contribution is 7.92. The Morgan fingerprint density at radius 3 is 2.46 bits per heavy atom. The lowest BCUT2D eigenvalue weighted by atomic mass is 10.1. The summed E-state index contributed by atoms with van der Waals surface area (Å²) >= 11 is 0. The van der Waals surface area contributed by atoms with Crippen LogP contribution >= 0.6 is 0 Å². The molecule has 2 aromatic carbocycles. The normalized spacial score (nSPS) is 11.2. The van der Waals surface area contributed by atoms with Crippen LogP contribution in [0.15, 0.2) is 42.5 Å². The Balaban J connectivity index is 2.01. The number of benzene rings is 2. The minimum atomic E-state index is -3.65. The molecule has 0 saturated heterocycles. The summed E-state index contributed by atoms with van der Waals surface area (Å²) in [5, 5.41) is 2.83. The molecule has 0 bridgehead atoms. The fraction of sp³-hybridized carbons (Fsp3) is 0.316. The second kappa shape index (κ2) is 8.31. The van der Waals surface area contributed by atoms with Gasteiger partial charge in [0, 0.05) is 18.7 Å². The van der Waals surface area contributed by atoms with Gasteiger partial charge in [-0.2, -0.15) is 0 Å². The van der Waals surface area contributed by atoms with Crippen LogP contribution in [0.2, 0.25) is 0 Å². The lowest BCUT2D eigenvalue weighted by Gasteiger charge is -2.22. The van der Waals surface area contributed by atoms with Gasteiger partial charge in [-0.1, -0.05) is 24.3 Å². The van der Waals surface area contributed by atoms with E-state index in [1.165, 1.54) is 18.2 Å². The first-order valence-corrected chi connectivity index (χ1v) is 10.1. The Morgan fingerprint density at radius 2 is 1.81 bits per heavy atom. The highest BCUT2D eigenvalue weighted by Crippen LogP contribution is 2.22. The number of aryl methyl sites for hydroxylation is 1. The zero-order valence-electron chi connectivity index (χ0n) is 15.1. The van der Waals surface area contributed by atoms with E-state index < -0.39 is 15.8 Å². The molecule has 0 fully saturated rings. The molecular formula is C19H23FN2O3S. The van der Waals surface area contributed by atoms with Crippen molar-refractivity contribution in [2.75, 3.05) is 22.4 Å². The van der Waals surface area contributed by atoms with Gasteiger partial charge in [-0.25, -0.2) is 12.8 Å². The van der Waals surface area contributed by atoms with Crippen LogP contribution in [0.3, 0.4) is 0 Å². The van der Waals surface area contributed by atoms with E-state index in [0.29, 0.717) is 0 Å². The molecule has 140 valence electrons. The van der Waals surface area contributed by atoms with Gasteiger partial charge in [-0.15, -0.1) is 0 Å². The van der Waals surface area contributed by atoms with Gasteiger partial charge in [-0.3, -0.25) is 9.10 Å². The van der Waals surface area contributed by atoms with Crippen molar-refractivity contribution < 1.29 is 17.6 Å². The summed E-state index contributed by atoms with van der Waals surface area (Å²) in [6.45, 7) is 3.91. The average Bonchev–Trinajstić information content (AvgIpc) is 2.56. The summed E-state index contributed by atoms with van der Waals surface area (Å²) in [7, 11) is -3.65. The van der Waals surface area contributed by atoms with Crippen molar-refractivity contribution in [2.45, 2.75) is 26.7 Å². The first kappa shape index (κ1) is 19.9. The van der Waals surface area contributed by atoms with Crippen molar-refractivity contribution in [1.29, 1.82) is 0 Å². The molecule has 1 N–H and O–H groups in total. The minimum Gasteiger partial charge on any atom is -0.326 e. The molecule has 0 aliphatic carbocycles. The third-order valence-electron chi connectivity index (χ3n) is 4.17. The minimum absolute atomic E-state index is 0.00932. The molecule has 0 atom stereocenters. The topological polar surface area (TPSA) is 66.5 Å². The van der Waals surface area contributed by atoms with Crippen LogP contribution in [-0.2, 0) is 14.8 Å². The molecule has 0 aliphatic rings. The summed E-state index contributed by atoms with van der Waals surface area (Å²) in [6.07, 6.45) is 1.43. The first-order chi connectivity index (χ1) is 12.2. The summed E-state index contributed by atoms with van der Waals surface area (Å²) < 4.78 is 38.9. The fourth-order valence-corrected chi connectivity index (χ4v) is 3.57. The number of sulfonamides is 1. The Morgan fingerprint density at radius 1 is 1.12 bits per heavy atom. The molecular weight excluding hydrogens is 355 g/mol. The number of anilines is 2. The fourth-order valence-electron chi connectivity index (χ4n) is 2.60. The number of amides is 1. The summed E-state index contributed by atoms with van der Waals surface area (Å²) in [5.74, 6) is -0.821. The molecule has 0 aromatic heterocycles. The highest BCUT2D eigenvalue weighted by Gasteiger charge is 2.20. The predicted molar refractivity (Wildman–Crippen MR) is 102 cm³/mol. The van der Waals surface area contributed by atoms with Gasteiger partial charge < -0.3 is 5.32 Å². The van der Waals surface area contributed by atoms with Crippen LogP contribution in [0.5, 0.6) is 0 Å². The second-order valence-corrected chi connectivity index (χ2v) is 8.09. The van der Waals surface area contributed by atoms with Gasteiger partial charge in [0.2, 0.25) is 15.9 Å². The molecule has 26 heavy (non-hydrogen) atoms. The number of nitrogens with zero attached hydrogens (tertiary/aromatic N) is 1. The maximum Gasteiger partial charge on any atom is 0.232 e. The number of carbonyl (C=O) groups is 1. The van der Waals surface area contributed by atoms with E-state index in [9.17, 15) is 17.6 Å². The van der Waals surface area contributed by atoms with Crippen molar-refractivity contribution in [3.8, 4) is 0 Å². The molecule has 0 spiro atoms. The van der Waals surface area contributed by atoms with Crippen LogP contribution in [-0.4, -0.2) is 27.1 Å². The van der Waals surface area contributed by atoms with Gasteiger partial charge in [0.05, 0.1) is 11.9 Å². The molecule has 1 amide bonds. The lowest BCUT2D eigenvalue weighted by molar-refractivity contribution is -0.116. The molecule has 7 heteroatoms. The van der Waals surface area contributed by atoms with Crippen molar-refractivity contribution in [3.63, 3.8) is 0 Å². The molecule has 0 saturated carbocycles. The van der Waals surface area contributed by atoms with E-state index in [0.717, 1.165) is 27.4 Å². The maximum absolute atomic E-state index is 13.9. The van der Waals surface area contributed by atoms with E-state index in [4.69, 9.17) is 0 Å². The average molecular weight is 378 g/mol. The van der Waals surface area contributed by atoms with Crippen molar-refractivity contribution in [3.05, 3.63) is 59.4 Å². The van der Waals surface area contributed by atoms with Crippen molar-refractivity contribution in [1.82, 2.24) is 0 Å². The zero-order chi connectivity index (χ0) is 19.3. The quantitative estimate of drug-likeness (QED) is 0.800. The first-order valence-electron chi connectivity index (χ1n) is 8.28. The van der Waals surface area contributed by atoms with Gasteiger partial charge in [0.1, 0.15) is 5.82 Å². The van der Waals surface area contributed by atoms with E-state index in [2.05, 4.69) is 5.32 Å². The third-order valence-corrected chi connectivity index (χ3v) is 5.35. The van der Waals surface area contributed by atoms with Crippen molar-refractivity contribution in [2.24, 2.45) is 0 Å². The van der Waals surface area contributed by atoms with Crippen LogP contribution < -0.4 is 9.62 Å². The second-order valence-electron chi connectivity index (χ2n) is 6.19. The SMILES string of the molecule is Cc1cccc(NC(=O)CCCN(c2ccccc2F)S(C)(=O)=O)c1C. The predicted octanol–water partition coefficient (Wildman–Crippen LogP) is 3.63. The number of hydrogen-bond acceptors (Lipinski definition) is 3. The summed E-state index contributed by atoms with van der Waals surface area (Å²) in [4.78, 5) is 12.2. The van der Waals surface area contributed by atoms with E-state index >= 15 is 0 Å². The van der Waals surface area contributed by atoms with E-state index in [1.54, 1.807) is 6.07 Å². The largest absolute Gasteiger partial charge is 0.326 e. The van der Waals surface area contributed by atoms with E-state index in [1.807, 2.05) is 32.0 Å². The molecule has 2 rings (SSSR count). The van der Waals surface area contributed by atoms with Gasteiger partial charge in [0.15, 0.2) is 0 Å². The number of carbonyl (C=O) groups excluding carboxylic acids is 1. The lowest BCUT2D eigenvalue weighted by Crippen LogP contribution is -2.32. The number of para-hydroxylation sites is 1. The van der Waals surface area contributed by atoms with Crippen LogP contribution in [0.1, 0.15) is 24.0 Å². The molecule has 0 unspecified atom stereocenters. The molecule has 0 heterocycles. The van der Waals surface area contributed by atoms with Crippen LogP contribution in [0.4, 0.5) is 15.8 Å².